The van der Waals surface area contributed by atoms with E-state index in [4.69, 9.17) is 9.84 Å². The van der Waals surface area contributed by atoms with E-state index in [-0.39, 0.29) is 35.8 Å². The van der Waals surface area contributed by atoms with Gasteiger partial charge in [0.05, 0.1) is 16.6 Å². The van der Waals surface area contributed by atoms with Crippen molar-refractivity contribution in [2.75, 3.05) is 17.2 Å². The minimum absolute atomic E-state index is 0.0451. The third-order valence-electron chi connectivity index (χ3n) is 4.82. The van der Waals surface area contributed by atoms with Crippen molar-refractivity contribution >= 4 is 40.1 Å². The number of carbonyl (C=O) groups is 3. The summed E-state index contributed by atoms with van der Waals surface area (Å²) in [6.07, 6.45) is 0. The highest BCUT2D eigenvalue weighted by atomic mass is 16.5. The van der Waals surface area contributed by atoms with E-state index in [0.717, 1.165) is 0 Å². The summed E-state index contributed by atoms with van der Waals surface area (Å²) < 4.78 is 5.30. The summed E-state index contributed by atoms with van der Waals surface area (Å²) in [6.45, 7) is 1.53. The molecule has 0 bridgehead atoms. The Bertz CT molecular complexity index is 1300. The molecule has 1 aromatic heterocycles. The second-order valence-corrected chi connectivity index (χ2v) is 7.17. The first-order chi connectivity index (χ1) is 15.3. The average Bonchev–Trinajstić information content (AvgIpc) is 2.76. The van der Waals surface area contributed by atoms with Crippen molar-refractivity contribution in [2.45, 2.75) is 19.5 Å². The molecule has 5 N–H and O–H groups in total. The van der Waals surface area contributed by atoms with Gasteiger partial charge in [0.2, 0.25) is 0 Å². The van der Waals surface area contributed by atoms with Crippen molar-refractivity contribution in [3.63, 3.8) is 0 Å². The quantitative estimate of drug-likeness (QED) is 0.382. The first-order valence-corrected chi connectivity index (χ1v) is 9.68. The number of ether oxygens (including phenoxy) is 1. The third kappa shape index (κ3) is 4.21. The molecule has 32 heavy (non-hydrogen) atoms. The number of aromatic amines is 1. The lowest BCUT2D eigenvalue weighted by Crippen LogP contribution is -2.29. The first kappa shape index (κ1) is 20.8. The van der Waals surface area contributed by atoms with Gasteiger partial charge in [0.15, 0.2) is 12.4 Å². The van der Waals surface area contributed by atoms with Crippen LogP contribution in [0.4, 0.5) is 11.4 Å². The van der Waals surface area contributed by atoms with Gasteiger partial charge in [0.1, 0.15) is 11.8 Å². The van der Waals surface area contributed by atoms with E-state index in [1.807, 2.05) is 0 Å². The molecule has 4 rings (SSSR count). The Kier molecular flexibility index (Phi) is 5.46. The minimum atomic E-state index is -1.07. The van der Waals surface area contributed by atoms with Crippen LogP contribution >= 0.6 is 0 Å². The zero-order chi connectivity index (χ0) is 22.8. The summed E-state index contributed by atoms with van der Waals surface area (Å²) in [4.78, 5) is 54.4. The number of carboxylic acids is 1. The van der Waals surface area contributed by atoms with Crippen LogP contribution in [-0.2, 0) is 16.1 Å². The maximum absolute atomic E-state index is 12.6. The molecule has 0 spiro atoms. The maximum atomic E-state index is 12.6. The predicted molar refractivity (Wildman–Crippen MR) is 115 cm³/mol. The monoisotopic (exact) mass is 437 g/mol. The number of carbonyl (C=O) groups excluding carboxylic acids is 2. The standard InChI is InChI=1S/C21H19N5O6/c1-10(21(30)31)23-12-3-2-4-13-17(12)19(28)26-18(25-13)20(29)22-8-11-5-6-15-14(7-11)24-16(27)9-32-15/h2-7,10,23H,8-9H2,1H3,(H,22,29)(H,24,27)(H,30,31)(H,25,26,28)/t10-/m0/s1. The Morgan fingerprint density at radius 3 is 2.84 bits per heavy atom. The molecule has 3 aromatic rings. The van der Waals surface area contributed by atoms with Crippen molar-refractivity contribution in [1.29, 1.82) is 0 Å². The van der Waals surface area contributed by atoms with Crippen LogP contribution in [0.2, 0.25) is 0 Å². The fourth-order valence-corrected chi connectivity index (χ4v) is 3.22. The molecule has 0 saturated heterocycles. The molecule has 11 nitrogen and oxygen atoms in total. The molecule has 0 saturated carbocycles. The number of anilines is 2. The first-order valence-electron chi connectivity index (χ1n) is 9.68. The summed E-state index contributed by atoms with van der Waals surface area (Å²) in [6, 6.07) is 8.94. The molecule has 1 atom stereocenters. The number of nitrogens with one attached hydrogen (secondary N) is 4. The fraction of sp³-hybridized carbons (Fsp3) is 0.190. The summed E-state index contributed by atoms with van der Waals surface area (Å²) >= 11 is 0. The Labute approximate surface area is 180 Å². The Morgan fingerprint density at radius 1 is 1.25 bits per heavy atom. The number of fused-ring (bicyclic) bond motifs is 2. The number of carboxylic acid groups (broad SMARTS) is 1. The van der Waals surface area contributed by atoms with Crippen LogP contribution in [0.25, 0.3) is 10.9 Å². The molecular weight excluding hydrogens is 418 g/mol. The third-order valence-corrected chi connectivity index (χ3v) is 4.82. The number of H-pyrrole nitrogens is 1. The predicted octanol–water partition coefficient (Wildman–Crippen LogP) is 1.07. The molecule has 1 aliphatic heterocycles. The molecule has 2 amide bonds. The summed E-state index contributed by atoms with van der Waals surface area (Å²) in [7, 11) is 0. The van der Waals surface area contributed by atoms with Crippen LogP contribution < -0.4 is 26.2 Å². The molecule has 11 heteroatoms. The second-order valence-electron chi connectivity index (χ2n) is 7.17. The molecular formula is C21H19N5O6. The average molecular weight is 437 g/mol. The molecule has 164 valence electrons. The molecule has 0 unspecified atom stereocenters. The largest absolute Gasteiger partial charge is 0.482 e. The van der Waals surface area contributed by atoms with Gasteiger partial charge in [-0.2, -0.15) is 0 Å². The van der Waals surface area contributed by atoms with E-state index < -0.39 is 23.5 Å². The van der Waals surface area contributed by atoms with Gasteiger partial charge in [-0.05, 0) is 36.8 Å². The topological polar surface area (TPSA) is 163 Å². The van der Waals surface area contributed by atoms with E-state index in [1.165, 1.54) is 6.92 Å². The van der Waals surface area contributed by atoms with Gasteiger partial charge in [-0.15, -0.1) is 0 Å². The summed E-state index contributed by atoms with van der Waals surface area (Å²) in [5.74, 6) is -1.57. The number of amides is 2. The van der Waals surface area contributed by atoms with Crippen LogP contribution in [-0.4, -0.2) is 45.5 Å². The van der Waals surface area contributed by atoms with Crippen LogP contribution in [0.5, 0.6) is 5.75 Å². The summed E-state index contributed by atoms with van der Waals surface area (Å²) in [5, 5.41) is 17.4. The van der Waals surface area contributed by atoms with E-state index in [0.29, 0.717) is 22.7 Å². The molecule has 0 fully saturated rings. The molecule has 0 aliphatic carbocycles. The van der Waals surface area contributed by atoms with Gasteiger partial charge in [-0.1, -0.05) is 12.1 Å². The highest BCUT2D eigenvalue weighted by molar-refractivity contribution is 5.97. The van der Waals surface area contributed by atoms with Crippen LogP contribution in [0.3, 0.4) is 0 Å². The lowest BCUT2D eigenvalue weighted by atomic mass is 10.1. The highest BCUT2D eigenvalue weighted by Gasteiger charge is 2.18. The number of hydrogen-bond donors (Lipinski definition) is 5. The smallest absolute Gasteiger partial charge is 0.325 e. The van der Waals surface area contributed by atoms with E-state index in [2.05, 4.69) is 25.9 Å². The number of nitrogens with zero attached hydrogens (tertiary/aromatic N) is 1. The Morgan fingerprint density at radius 2 is 2.06 bits per heavy atom. The lowest BCUT2D eigenvalue weighted by molar-refractivity contribution is -0.137. The van der Waals surface area contributed by atoms with E-state index in [9.17, 15) is 19.2 Å². The van der Waals surface area contributed by atoms with Gasteiger partial charge >= 0.3 is 5.97 Å². The van der Waals surface area contributed by atoms with Crippen molar-refractivity contribution in [2.24, 2.45) is 0 Å². The van der Waals surface area contributed by atoms with Crippen molar-refractivity contribution in [3.8, 4) is 5.75 Å². The van der Waals surface area contributed by atoms with Gasteiger partial charge in [0, 0.05) is 12.2 Å². The van der Waals surface area contributed by atoms with Crippen molar-refractivity contribution in [1.82, 2.24) is 15.3 Å². The van der Waals surface area contributed by atoms with Crippen LogP contribution in [0, 0.1) is 0 Å². The highest BCUT2D eigenvalue weighted by Crippen LogP contribution is 2.28. The number of benzene rings is 2. The van der Waals surface area contributed by atoms with E-state index >= 15 is 0 Å². The molecule has 1 aliphatic rings. The number of aliphatic carboxylic acids is 1. The van der Waals surface area contributed by atoms with Crippen molar-refractivity contribution in [3.05, 3.63) is 58.1 Å². The zero-order valence-corrected chi connectivity index (χ0v) is 16.9. The lowest BCUT2D eigenvalue weighted by Gasteiger charge is -2.18. The minimum Gasteiger partial charge on any atom is -0.482 e. The molecule has 0 radical (unpaired) electrons. The number of aromatic nitrogens is 2. The van der Waals surface area contributed by atoms with Gasteiger partial charge < -0.3 is 30.8 Å². The van der Waals surface area contributed by atoms with Crippen LogP contribution in [0.1, 0.15) is 23.1 Å². The SMILES string of the molecule is C[C@H](Nc1cccc2nc(C(=O)NCc3ccc4c(c3)NC(=O)CO4)[nH]c(=O)c12)C(=O)O. The van der Waals surface area contributed by atoms with Crippen molar-refractivity contribution < 1.29 is 24.2 Å². The fourth-order valence-electron chi connectivity index (χ4n) is 3.22. The number of hydrogen-bond acceptors (Lipinski definition) is 7. The van der Waals surface area contributed by atoms with Gasteiger partial charge in [0.25, 0.3) is 17.4 Å². The van der Waals surface area contributed by atoms with Gasteiger partial charge in [-0.25, -0.2) is 4.98 Å². The molecule has 2 aromatic carbocycles. The second kappa shape index (κ2) is 8.38. The maximum Gasteiger partial charge on any atom is 0.325 e. The Balaban J connectivity index is 1.53. The zero-order valence-electron chi connectivity index (χ0n) is 16.9. The van der Waals surface area contributed by atoms with Crippen LogP contribution in [0.15, 0.2) is 41.2 Å². The van der Waals surface area contributed by atoms with Gasteiger partial charge in [-0.3, -0.25) is 19.2 Å². The number of rotatable bonds is 6. The van der Waals surface area contributed by atoms with E-state index in [1.54, 1.807) is 36.4 Å². The normalized spacial score (nSPS) is 13.5. The Hall–Kier alpha value is -4.41. The molecule has 2 heterocycles. The summed E-state index contributed by atoms with van der Waals surface area (Å²) in [5.41, 5.74) is 1.20.